The summed E-state index contributed by atoms with van der Waals surface area (Å²) in [6.45, 7) is 1.80. The Morgan fingerprint density at radius 3 is 2.43 bits per heavy atom. The van der Waals surface area contributed by atoms with Crippen molar-refractivity contribution in [1.29, 1.82) is 0 Å². The number of aliphatic hydroxyl groups is 1. The smallest absolute Gasteiger partial charge is 0.407 e. The van der Waals surface area contributed by atoms with Gasteiger partial charge in [-0.15, -0.1) is 6.42 Å². The molecule has 1 saturated carbocycles. The Labute approximate surface area is 245 Å². The summed E-state index contributed by atoms with van der Waals surface area (Å²) >= 11 is 0. The normalized spacial score (nSPS) is 16.0. The second-order valence-corrected chi connectivity index (χ2v) is 12.7. The zero-order chi connectivity index (χ0) is 30.9. The lowest BCUT2D eigenvalue weighted by atomic mass is 9.98. The molecule has 4 N–H and O–H groups in total. The van der Waals surface area contributed by atoms with Crippen molar-refractivity contribution in [2.75, 3.05) is 25.2 Å². The molecule has 42 heavy (non-hydrogen) atoms. The minimum absolute atomic E-state index is 0.0209. The van der Waals surface area contributed by atoms with E-state index >= 15 is 0 Å². The van der Waals surface area contributed by atoms with Gasteiger partial charge in [-0.2, -0.15) is 0 Å². The lowest BCUT2D eigenvalue weighted by molar-refractivity contribution is -0.124. The summed E-state index contributed by atoms with van der Waals surface area (Å²) in [7, 11) is -2.68. The number of nitrogens with one attached hydrogen (secondary N) is 3. The van der Waals surface area contributed by atoms with E-state index in [1.165, 1.54) is 0 Å². The number of unbranched alkanes of at least 4 members (excludes halogenated alkanes) is 1. The molecule has 1 fully saturated rings. The summed E-state index contributed by atoms with van der Waals surface area (Å²) in [6, 6.07) is 7.66. The van der Waals surface area contributed by atoms with Gasteiger partial charge in [0.2, 0.25) is 5.91 Å². The second kappa shape index (κ2) is 14.6. The van der Waals surface area contributed by atoms with E-state index in [2.05, 4.69) is 26.6 Å². The van der Waals surface area contributed by atoms with E-state index in [4.69, 9.17) is 6.42 Å². The van der Waals surface area contributed by atoms with Crippen molar-refractivity contribution in [3.63, 3.8) is 0 Å². The van der Waals surface area contributed by atoms with E-state index < -0.39 is 63.0 Å². The van der Waals surface area contributed by atoms with Crippen LogP contribution >= 0.6 is 0 Å². The molecule has 228 valence electrons. The molecule has 3 rings (SSSR count). The number of aliphatic hydroxyl groups excluding tert-OH is 1. The number of carbonyl (C=O) groups is 2. The van der Waals surface area contributed by atoms with Crippen LogP contribution in [-0.4, -0.2) is 68.9 Å². The average molecular weight is 606 g/mol. The number of benzene rings is 2. The summed E-state index contributed by atoms with van der Waals surface area (Å²) in [5.41, 5.74) is 1.37. The maximum Gasteiger partial charge on any atom is 0.407 e. The van der Waals surface area contributed by atoms with Crippen molar-refractivity contribution >= 4 is 21.8 Å². The van der Waals surface area contributed by atoms with Gasteiger partial charge in [0.1, 0.15) is 17.7 Å². The quantitative estimate of drug-likeness (QED) is 0.229. The molecule has 1 aliphatic carbocycles. The van der Waals surface area contributed by atoms with Crippen molar-refractivity contribution in [2.45, 2.75) is 62.8 Å². The Bertz CT molecular complexity index is 1390. The fourth-order valence-corrected chi connectivity index (χ4v) is 6.31. The fraction of sp³-hybridized carbons (Fsp3) is 0.467. The molecular weight excluding hydrogens is 568 g/mol. The van der Waals surface area contributed by atoms with E-state index in [0.717, 1.165) is 37.6 Å². The van der Waals surface area contributed by atoms with Crippen LogP contribution in [0.1, 0.15) is 49.3 Å². The van der Waals surface area contributed by atoms with Crippen LogP contribution in [0.4, 0.5) is 13.6 Å². The molecule has 2 amide bonds. The molecule has 0 spiro atoms. The molecule has 2 aromatic rings. The van der Waals surface area contributed by atoms with Gasteiger partial charge in [0, 0.05) is 23.7 Å². The third-order valence-electron chi connectivity index (χ3n) is 7.17. The highest BCUT2D eigenvalue weighted by Gasteiger charge is 2.44. The molecule has 0 saturated heterocycles. The van der Waals surface area contributed by atoms with Crippen LogP contribution < -0.4 is 16.0 Å². The molecule has 0 heterocycles. The van der Waals surface area contributed by atoms with Gasteiger partial charge >= 0.3 is 6.09 Å². The van der Waals surface area contributed by atoms with Gasteiger partial charge in [0.25, 0.3) is 0 Å². The van der Waals surface area contributed by atoms with Crippen molar-refractivity contribution in [3.8, 4) is 12.3 Å². The summed E-state index contributed by atoms with van der Waals surface area (Å²) in [6.07, 6.45) is 5.60. The van der Waals surface area contributed by atoms with Gasteiger partial charge in [-0.1, -0.05) is 31.4 Å². The van der Waals surface area contributed by atoms with Crippen LogP contribution in [0.3, 0.4) is 0 Å². The molecule has 12 heteroatoms. The maximum atomic E-state index is 14.0. The van der Waals surface area contributed by atoms with Crippen LogP contribution in [0.25, 0.3) is 0 Å². The Balaban J connectivity index is 1.82. The van der Waals surface area contributed by atoms with E-state index in [0.29, 0.717) is 24.5 Å². The molecule has 9 nitrogen and oxygen atoms in total. The number of terminal acetylenes is 1. The lowest BCUT2D eigenvalue weighted by Gasteiger charge is -2.29. The van der Waals surface area contributed by atoms with Gasteiger partial charge in [0.15, 0.2) is 9.84 Å². The Morgan fingerprint density at radius 2 is 1.83 bits per heavy atom. The fourth-order valence-electron chi connectivity index (χ4n) is 4.68. The molecule has 0 aromatic heterocycles. The molecule has 1 aliphatic rings. The Hall–Kier alpha value is -3.53. The van der Waals surface area contributed by atoms with Crippen molar-refractivity contribution in [2.24, 2.45) is 0 Å². The van der Waals surface area contributed by atoms with Crippen LogP contribution in [0.15, 0.2) is 42.5 Å². The highest BCUT2D eigenvalue weighted by molar-refractivity contribution is 7.91. The number of ether oxygens (including phenoxy) is 1. The van der Waals surface area contributed by atoms with Crippen molar-refractivity contribution < 1.29 is 36.6 Å². The zero-order valence-electron chi connectivity index (χ0n) is 23.7. The first-order valence-corrected chi connectivity index (χ1v) is 15.5. The molecule has 3 atom stereocenters. The van der Waals surface area contributed by atoms with Crippen LogP contribution in [0.5, 0.6) is 0 Å². The monoisotopic (exact) mass is 605 g/mol. The molecule has 2 aromatic carbocycles. The Morgan fingerprint density at radius 1 is 1.14 bits per heavy atom. The number of alkyl carbamates (subject to hydrolysis) is 1. The SMILES string of the molecule is C#Cc1cccc(C2(NC[C@@H](O)[C@H](Cc3cc(F)cc(F)c3)NC(=O)[C@@H](CS(=O)(=O)CCCC)NC(=O)OC)CC2)c1. The number of carbonyl (C=O) groups excluding carboxylic acids is 2. The van der Waals surface area contributed by atoms with Crippen molar-refractivity contribution in [1.82, 2.24) is 16.0 Å². The number of sulfone groups is 1. The van der Waals surface area contributed by atoms with E-state index in [1.807, 2.05) is 25.1 Å². The van der Waals surface area contributed by atoms with Gasteiger partial charge in [-0.25, -0.2) is 22.0 Å². The third kappa shape index (κ3) is 9.51. The number of hydrogen-bond acceptors (Lipinski definition) is 7. The van der Waals surface area contributed by atoms with Gasteiger partial charge in [0.05, 0.1) is 30.8 Å². The minimum Gasteiger partial charge on any atom is -0.453 e. The number of rotatable bonds is 15. The number of halogens is 2. The molecule has 0 bridgehead atoms. The topological polar surface area (TPSA) is 134 Å². The zero-order valence-corrected chi connectivity index (χ0v) is 24.5. The number of methoxy groups -OCH3 is 1. The average Bonchev–Trinajstić information content (AvgIpc) is 3.74. The van der Waals surface area contributed by atoms with E-state index in [1.54, 1.807) is 6.07 Å². The van der Waals surface area contributed by atoms with Gasteiger partial charge in [-0.3, -0.25) is 4.79 Å². The first-order chi connectivity index (χ1) is 19.9. The summed E-state index contributed by atoms with van der Waals surface area (Å²) < 4.78 is 57.7. The number of hydrogen-bond donors (Lipinski definition) is 4. The lowest BCUT2D eigenvalue weighted by Crippen LogP contribution is -2.57. The Kier molecular flexibility index (Phi) is 11.4. The van der Waals surface area contributed by atoms with Crippen molar-refractivity contribution in [3.05, 3.63) is 70.8 Å². The minimum atomic E-state index is -3.74. The third-order valence-corrected chi connectivity index (χ3v) is 8.93. The molecule has 0 unspecified atom stereocenters. The van der Waals surface area contributed by atoms with E-state index in [-0.39, 0.29) is 24.3 Å². The standard InChI is InChI=1S/C30H37F2N3O6S/c1-4-6-12-42(39,40)19-26(35-29(38)41-3)28(37)34-25(16-21-14-23(31)17-24(32)15-21)27(36)18-33-30(10-11-30)22-9-7-8-20(5-2)13-22/h2,7-9,13-15,17,25-27,33,36H,4,6,10-12,16,18-19H2,1,3H3,(H,34,37)(H,35,38)/t25-,26+,27+/m0/s1. The summed E-state index contributed by atoms with van der Waals surface area (Å²) in [5.74, 6) is -0.848. The predicted molar refractivity (Wildman–Crippen MR) is 154 cm³/mol. The van der Waals surface area contributed by atoms with Crippen LogP contribution in [0.2, 0.25) is 0 Å². The highest BCUT2D eigenvalue weighted by Crippen LogP contribution is 2.45. The molecular formula is C30H37F2N3O6S. The van der Waals surface area contributed by atoms with Crippen LogP contribution in [0, 0.1) is 24.0 Å². The molecule has 0 radical (unpaired) electrons. The predicted octanol–water partition coefficient (Wildman–Crippen LogP) is 2.55. The maximum absolute atomic E-state index is 14.0. The second-order valence-electron chi connectivity index (χ2n) is 10.5. The highest BCUT2D eigenvalue weighted by atomic mass is 32.2. The summed E-state index contributed by atoms with van der Waals surface area (Å²) in [5, 5.41) is 19.4. The largest absolute Gasteiger partial charge is 0.453 e. The number of amides is 2. The van der Waals surface area contributed by atoms with E-state index in [9.17, 15) is 31.9 Å². The van der Waals surface area contributed by atoms with Crippen LogP contribution in [-0.2, 0) is 31.3 Å². The molecule has 0 aliphatic heterocycles. The first-order valence-electron chi connectivity index (χ1n) is 13.7. The first kappa shape index (κ1) is 33.0. The van der Waals surface area contributed by atoms with Gasteiger partial charge < -0.3 is 25.8 Å². The summed E-state index contributed by atoms with van der Waals surface area (Å²) in [4.78, 5) is 25.3. The van der Waals surface area contributed by atoms with Gasteiger partial charge in [-0.05, 0) is 61.1 Å².